The third-order valence-electron chi connectivity index (χ3n) is 3.51. The van der Waals surface area contributed by atoms with Crippen molar-refractivity contribution in [3.05, 3.63) is 47.3 Å². The maximum absolute atomic E-state index is 13.5. The van der Waals surface area contributed by atoms with Crippen molar-refractivity contribution in [2.45, 2.75) is 39.8 Å². The molecule has 0 radical (unpaired) electrons. The molecule has 0 bridgehead atoms. The summed E-state index contributed by atoms with van der Waals surface area (Å²) >= 11 is 2.32. The Hall–Kier alpha value is -0.0700. The molecule has 1 aromatic carbocycles. The first kappa shape index (κ1) is 15.3. The number of hydrogen-bond donors (Lipinski definition) is 0. The number of benzene rings is 1. The fourth-order valence-corrected chi connectivity index (χ4v) is 4.82. The minimum absolute atomic E-state index is 0.164. The zero-order chi connectivity index (χ0) is 14.2. The predicted octanol–water partition coefficient (Wildman–Crippen LogP) is 5.54. The van der Waals surface area contributed by atoms with Crippen molar-refractivity contribution < 1.29 is 4.39 Å². The van der Waals surface area contributed by atoms with Crippen LogP contribution in [0.1, 0.15) is 39.3 Å². The Labute approximate surface area is 131 Å². The normalized spacial score (nSPS) is 24.6. The van der Waals surface area contributed by atoms with Crippen molar-refractivity contribution >= 4 is 30.3 Å². The van der Waals surface area contributed by atoms with E-state index in [0.29, 0.717) is 6.04 Å². The Bertz CT molecular complexity index is 495. The summed E-state index contributed by atoms with van der Waals surface area (Å²) in [5.74, 6) is -0.164. The topological polar surface area (TPSA) is 3.24 Å². The van der Waals surface area contributed by atoms with Gasteiger partial charge in [0, 0.05) is 27.2 Å². The third-order valence-corrected chi connectivity index (χ3v) is 5.47. The minimum Gasteiger partial charge on any atom is -0.223 e. The fourth-order valence-electron chi connectivity index (χ4n) is 2.58. The number of halogens is 2. The molecule has 1 heterocycles. The van der Waals surface area contributed by atoms with Gasteiger partial charge in [-0.25, -0.2) is 8.70 Å². The molecule has 0 amide bonds. The molecule has 0 aliphatic carbocycles. The average Bonchev–Trinajstić information content (AvgIpc) is 2.65. The van der Waals surface area contributed by atoms with E-state index in [1.54, 1.807) is 21.3 Å². The summed E-state index contributed by atoms with van der Waals surface area (Å²) in [5.41, 5.74) is 2.50. The maximum atomic E-state index is 13.5. The van der Waals surface area contributed by atoms with E-state index in [2.05, 4.69) is 59.3 Å². The molecule has 0 N–H and O–H groups in total. The van der Waals surface area contributed by atoms with Crippen LogP contribution in [0.5, 0.6) is 0 Å². The summed E-state index contributed by atoms with van der Waals surface area (Å²) in [6, 6.07) is 7.48. The Balaban J connectivity index is 2.39. The number of nitrogens with zero attached hydrogens (tertiary/aromatic N) is 1. The van der Waals surface area contributed by atoms with E-state index in [4.69, 9.17) is 0 Å². The lowest BCUT2D eigenvalue weighted by Gasteiger charge is -2.35. The lowest BCUT2D eigenvalue weighted by Crippen LogP contribution is -2.36. The van der Waals surface area contributed by atoms with Crippen LogP contribution in [0.4, 0.5) is 4.39 Å². The van der Waals surface area contributed by atoms with Gasteiger partial charge in [0.2, 0.25) is 0 Å². The Morgan fingerprint density at radius 3 is 2.53 bits per heavy atom. The van der Waals surface area contributed by atoms with Crippen LogP contribution in [0.2, 0.25) is 0 Å². The van der Waals surface area contributed by atoms with Crippen molar-refractivity contribution in [1.29, 1.82) is 0 Å². The molecule has 104 valence electrons. The van der Waals surface area contributed by atoms with Crippen LogP contribution in [-0.2, 0) is 0 Å². The first-order valence-electron chi connectivity index (χ1n) is 6.35. The van der Waals surface area contributed by atoms with Gasteiger partial charge in [0.1, 0.15) is 5.82 Å². The van der Waals surface area contributed by atoms with Gasteiger partial charge in [-0.2, -0.15) is 0 Å². The fraction of sp³-hybridized carbons (Fsp3) is 0.467. The highest BCUT2D eigenvalue weighted by Gasteiger charge is 2.39. The van der Waals surface area contributed by atoms with Crippen LogP contribution >= 0.6 is 30.3 Å². The van der Waals surface area contributed by atoms with Crippen molar-refractivity contribution in [3.63, 3.8) is 0 Å². The van der Waals surface area contributed by atoms with E-state index in [9.17, 15) is 4.39 Å². The largest absolute Gasteiger partial charge is 0.223 e. The first-order chi connectivity index (χ1) is 8.84. The SMILES string of the molecule is CC1=CC(C(C)(C)C)N(SI)C1c1cccc(F)c1. The second-order valence-electron chi connectivity index (χ2n) is 6.11. The van der Waals surface area contributed by atoms with Crippen molar-refractivity contribution in [2.24, 2.45) is 5.41 Å². The highest BCUT2D eigenvalue weighted by molar-refractivity contribution is 14.2. The highest BCUT2D eigenvalue weighted by Crippen LogP contribution is 2.47. The lowest BCUT2D eigenvalue weighted by atomic mass is 9.87. The van der Waals surface area contributed by atoms with E-state index < -0.39 is 0 Å². The molecule has 4 heteroatoms. The van der Waals surface area contributed by atoms with Gasteiger partial charge in [0.05, 0.1) is 6.04 Å². The monoisotopic (exact) mass is 391 g/mol. The van der Waals surface area contributed by atoms with E-state index >= 15 is 0 Å². The molecule has 0 aromatic heterocycles. The van der Waals surface area contributed by atoms with Gasteiger partial charge in [0.25, 0.3) is 0 Å². The smallest absolute Gasteiger partial charge is 0.123 e. The molecular weight excluding hydrogens is 372 g/mol. The zero-order valence-electron chi connectivity index (χ0n) is 11.7. The van der Waals surface area contributed by atoms with Gasteiger partial charge in [-0.15, -0.1) is 0 Å². The van der Waals surface area contributed by atoms with Gasteiger partial charge in [0.15, 0.2) is 0 Å². The zero-order valence-corrected chi connectivity index (χ0v) is 14.6. The van der Waals surface area contributed by atoms with Gasteiger partial charge in [-0.05, 0) is 39.2 Å². The second kappa shape index (κ2) is 5.74. The Morgan fingerprint density at radius 2 is 2.00 bits per heavy atom. The summed E-state index contributed by atoms with van der Waals surface area (Å²) in [6.07, 6.45) is 2.32. The molecule has 0 fully saturated rings. The molecule has 0 spiro atoms. The average molecular weight is 391 g/mol. The maximum Gasteiger partial charge on any atom is 0.123 e. The molecule has 2 atom stereocenters. The summed E-state index contributed by atoms with van der Waals surface area (Å²) in [6.45, 7) is 8.88. The van der Waals surface area contributed by atoms with Crippen molar-refractivity contribution in [1.82, 2.24) is 4.31 Å². The molecule has 1 aliphatic heterocycles. The highest BCUT2D eigenvalue weighted by atomic mass is 127. The van der Waals surface area contributed by atoms with Crippen LogP contribution in [0.15, 0.2) is 35.9 Å². The van der Waals surface area contributed by atoms with Crippen LogP contribution in [0.3, 0.4) is 0 Å². The number of rotatable bonds is 2. The van der Waals surface area contributed by atoms with Crippen LogP contribution < -0.4 is 0 Å². The van der Waals surface area contributed by atoms with E-state index in [1.165, 1.54) is 11.6 Å². The summed E-state index contributed by atoms with van der Waals surface area (Å²) in [4.78, 5) is 0. The van der Waals surface area contributed by atoms with Gasteiger partial charge >= 0.3 is 0 Å². The molecule has 0 saturated heterocycles. The van der Waals surface area contributed by atoms with E-state index in [1.807, 2.05) is 6.07 Å². The Morgan fingerprint density at radius 1 is 1.32 bits per heavy atom. The minimum atomic E-state index is -0.164. The third kappa shape index (κ3) is 3.16. The summed E-state index contributed by atoms with van der Waals surface area (Å²) in [7, 11) is 1.71. The standard InChI is InChI=1S/C15H19FINS/c1-10-8-13(15(2,3)4)18(19-17)14(10)11-6-5-7-12(16)9-11/h5-9,13-14H,1-4H3. The summed E-state index contributed by atoms with van der Waals surface area (Å²) < 4.78 is 15.8. The predicted molar refractivity (Wildman–Crippen MR) is 89.6 cm³/mol. The van der Waals surface area contributed by atoms with E-state index in [0.717, 1.165) is 5.56 Å². The molecule has 19 heavy (non-hydrogen) atoms. The van der Waals surface area contributed by atoms with Crippen LogP contribution in [0, 0.1) is 11.2 Å². The van der Waals surface area contributed by atoms with Crippen LogP contribution in [-0.4, -0.2) is 10.3 Å². The van der Waals surface area contributed by atoms with Gasteiger partial charge < -0.3 is 0 Å². The van der Waals surface area contributed by atoms with Gasteiger partial charge in [-0.1, -0.05) is 44.6 Å². The Kier molecular flexibility index (Phi) is 4.63. The molecule has 2 rings (SSSR count). The summed E-state index contributed by atoms with van der Waals surface area (Å²) in [5, 5.41) is 0. The van der Waals surface area contributed by atoms with Crippen molar-refractivity contribution in [3.8, 4) is 0 Å². The second-order valence-corrected chi connectivity index (χ2v) is 7.85. The molecule has 1 aromatic rings. The molecular formula is C15H19FINS. The van der Waals surface area contributed by atoms with E-state index in [-0.39, 0.29) is 17.3 Å². The lowest BCUT2D eigenvalue weighted by molar-refractivity contribution is 0.228. The quantitative estimate of drug-likeness (QED) is 0.370. The van der Waals surface area contributed by atoms with Crippen molar-refractivity contribution in [2.75, 3.05) is 0 Å². The molecule has 1 aliphatic rings. The first-order valence-corrected chi connectivity index (χ1v) is 9.67. The van der Waals surface area contributed by atoms with Gasteiger partial charge in [-0.3, -0.25) is 0 Å². The van der Waals surface area contributed by atoms with Crippen LogP contribution in [0.25, 0.3) is 0 Å². The molecule has 2 unspecified atom stereocenters. The molecule has 0 saturated carbocycles. The molecule has 1 nitrogen and oxygen atoms in total. The number of hydrogen-bond acceptors (Lipinski definition) is 2.